The lowest BCUT2D eigenvalue weighted by Crippen LogP contribution is -2.53. The molecule has 0 radical (unpaired) electrons. The first-order valence-electron chi connectivity index (χ1n) is 6.20. The third kappa shape index (κ3) is 4.42. The van der Waals surface area contributed by atoms with Crippen LogP contribution in [0.2, 0.25) is 0 Å². The van der Waals surface area contributed by atoms with E-state index in [-0.39, 0.29) is 17.5 Å². The highest BCUT2D eigenvalue weighted by Crippen LogP contribution is 2.14. The van der Waals surface area contributed by atoms with Crippen LogP contribution < -0.4 is 14.9 Å². The van der Waals surface area contributed by atoms with Gasteiger partial charge in [-0.3, -0.25) is 4.52 Å². The van der Waals surface area contributed by atoms with E-state index in [9.17, 15) is 5.11 Å². The minimum Gasteiger partial charge on any atom is -0.861 e. The summed E-state index contributed by atoms with van der Waals surface area (Å²) in [5.74, 6) is -0.0218. The Bertz CT molecular complexity index is 635. The Kier molecular flexibility index (Phi) is 4.73. The molecule has 0 aromatic carbocycles. The predicted molar refractivity (Wildman–Crippen MR) is 76.1 cm³/mol. The van der Waals surface area contributed by atoms with Crippen LogP contribution in [0.1, 0.15) is 11.4 Å². The number of hydrogen-bond donors (Lipinski definition) is 0. The highest BCUT2D eigenvalue weighted by molar-refractivity contribution is 7.99. The minimum atomic E-state index is -0.329. The smallest absolute Gasteiger partial charge is 0.324 e. The Morgan fingerprint density at radius 3 is 2.62 bits per heavy atom. The van der Waals surface area contributed by atoms with E-state index in [4.69, 9.17) is 4.52 Å². The number of aliphatic imine (C=N–C) groups is 1. The van der Waals surface area contributed by atoms with Gasteiger partial charge in [0.2, 0.25) is 5.27 Å². The number of rotatable bonds is 5. The molecule has 0 amide bonds. The summed E-state index contributed by atoms with van der Waals surface area (Å²) in [6, 6.07) is 1.88. The summed E-state index contributed by atoms with van der Waals surface area (Å²) in [6.45, 7) is 3.78. The van der Waals surface area contributed by atoms with E-state index >= 15 is 0 Å². The summed E-state index contributed by atoms with van der Waals surface area (Å²) >= 11 is 1.24. The maximum Gasteiger partial charge on any atom is 0.324 e. The molecule has 0 saturated heterocycles. The molecule has 0 atom stereocenters. The van der Waals surface area contributed by atoms with Gasteiger partial charge >= 0.3 is 5.88 Å². The fourth-order valence-electron chi connectivity index (χ4n) is 1.51. The van der Waals surface area contributed by atoms with Crippen LogP contribution in [0, 0.1) is 13.8 Å². The van der Waals surface area contributed by atoms with Gasteiger partial charge in [-0.25, -0.2) is 15.0 Å². The first-order chi connectivity index (χ1) is 9.94. The second-order valence-corrected chi connectivity index (χ2v) is 5.48. The van der Waals surface area contributed by atoms with Gasteiger partial charge < -0.3 is 5.11 Å². The maximum absolute atomic E-state index is 11.8. The first kappa shape index (κ1) is 15.2. The number of nitrogens with zero attached hydrogens (tertiary/aromatic N) is 6. The molecule has 8 nitrogen and oxygen atoms in total. The molecule has 2 aromatic rings. The van der Waals surface area contributed by atoms with Crippen LogP contribution in [0.3, 0.4) is 0 Å². The van der Waals surface area contributed by atoms with Crippen molar-refractivity contribution in [1.82, 2.24) is 15.2 Å². The average Bonchev–Trinajstić information content (AvgIpc) is 2.84. The normalized spacial score (nSPS) is 11.7. The van der Waals surface area contributed by atoms with Crippen LogP contribution in [-0.2, 0) is 0 Å². The second-order valence-electron chi connectivity index (χ2n) is 4.54. The van der Waals surface area contributed by atoms with E-state index in [1.165, 1.54) is 22.7 Å². The Morgan fingerprint density at radius 2 is 2.05 bits per heavy atom. The van der Waals surface area contributed by atoms with Crippen LogP contribution in [0.15, 0.2) is 26.9 Å². The van der Waals surface area contributed by atoms with Gasteiger partial charge in [-0.2, -0.15) is 5.01 Å². The molecule has 2 aromatic heterocycles. The van der Waals surface area contributed by atoms with Gasteiger partial charge in [0.15, 0.2) is 5.16 Å². The van der Waals surface area contributed by atoms with Gasteiger partial charge in [0.25, 0.3) is 6.20 Å². The Morgan fingerprint density at radius 1 is 1.38 bits per heavy atom. The van der Waals surface area contributed by atoms with Crippen LogP contribution in [0.25, 0.3) is 0 Å². The van der Waals surface area contributed by atoms with Crippen molar-refractivity contribution in [1.29, 1.82) is 0 Å². The highest BCUT2D eigenvalue weighted by atomic mass is 32.2. The minimum absolute atomic E-state index is 0.144. The lowest BCUT2D eigenvalue weighted by molar-refractivity contribution is -0.753. The number of aryl methyl sites for hydroxylation is 2. The van der Waals surface area contributed by atoms with Crippen molar-refractivity contribution in [2.75, 3.05) is 24.9 Å². The molecule has 112 valence electrons. The Balaban J connectivity index is 2.00. The molecule has 0 fully saturated rings. The van der Waals surface area contributed by atoms with Crippen LogP contribution in [-0.4, -0.2) is 41.0 Å². The van der Waals surface area contributed by atoms with Crippen molar-refractivity contribution >= 4 is 23.5 Å². The highest BCUT2D eigenvalue weighted by Gasteiger charge is 2.12. The molecule has 2 heterocycles. The lowest BCUT2D eigenvalue weighted by atomic mass is 10.4. The number of aromatic nitrogens is 4. The summed E-state index contributed by atoms with van der Waals surface area (Å²) in [6.07, 6.45) is 1.52. The van der Waals surface area contributed by atoms with Crippen molar-refractivity contribution in [3.05, 3.63) is 23.7 Å². The molecular weight excluding hydrogens is 292 g/mol. The molecule has 0 spiro atoms. The summed E-state index contributed by atoms with van der Waals surface area (Å²) in [4.78, 5) is 13.8. The zero-order valence-corrected chi connectivity index (χ0v) is 13.1. The topological polar surface area (TPSA) is 94.4 Å². The van der Waals surface area contributed by atoms with E-state index in [2.05, 4.69) is 20.2 Å². The molecule has 21 heavy (non-hydrogen) atoms. The fourth-order valence-corrected chi connectivity index (χ4v) is 2.24. The molecule has 0 aliphatic heterocycles. The SMILES string of the molecule is Cc1cc(C)nc(SC/C([O-])=N/c2c[n+](N(C)C)no2)n1. The van der Waals surface area contributed by atoms with Gasteiger partial charge in [0.1, 0.15) is 0 Å². The van der Waals surface area contributed by atoms with Crippen molar-refractivity contribution in [3.63, 3.8) is 0 Å². The zero-order chi connectivity index (χ0) is 15.4. The molecule has 0 unspecified atom stereocenters. The van der Waals surface area contributed by atoms with Gasteiger partial charge in [0, 0.05) is 17.1 Å². The molecule has 0 aliphatic rings. The van der Waals surface area contributed by atoms with Gasteiger partial charge in [-0.05, 0) is 25.8 Å². The van der Waals surface area contributed by atoms with Crippen LogP contribution in [0.4, 0.5) is 5.88 Å². The molecule has 0 bridgehead atoms. The van der Waals surface area contributed by atoms with Crippen molar-refractivity contribution in [3.8, 4) is 0 Å². The predicted octanol–water partition coefficient (Wildman–Crippen LogP) is -0.251. The van der Waals surface area contributed by atoms with Gasteiger partial charge in [-0.1, -0.05) is 11.8 Å². The van der Waals surface area contributed by atoms with Crippen LogP contribution in [0.5, 0.6) is 0 Å². The van der Waals surface area contributed by atoms with E-state index in [1.807, 2.05) is 19.9 Å². The van der Waals surface area contributed by atoms with Crippen molar-refractivity contribution in [2.45, 2.75) is 19.0 Å². The third-order valence-corrected chi connectivity index (χ3v) is 3.21. The van der Waals surface area contributed by atoms with Crippen molar-refractivity contribution in [2.24, 2.45) is 4.99 Å². The average molecular weight is 308 g/mol. The Labute approximate surface area is 126 Å². The monoisotopic (exact) mass is 308 g/mol. The fraction of sp³-hybridized carbons (Fsp3) is 0.417. The van der Waals surface area contributed by atoms with Gasteiger partial charge in [0.05, 0.1) is 18.9 Å². The summed E-state index contributed by atoms with van der Waals surface area (Å²) in [5, 5.41) is 17.7. The summed E-state index contributed by atoms with van der Waals surface area (Å²) < 4.78 is 4.93. The second kappa shape index (κ2) is 6.53. The first-order valence-corrected chi connectivity index (χ1v) is 7.18. The molecule has 2 rings (SSSR count). The largest absolute Gasteiger partial charge is 0.861 e. The summed E-state index contributed by atoms with van der Waals surface area (Å²) in [7, 11) is 3.59. The van der Waals surface area contributed by atoms with E-state index in [0.29, 0.717) is 5.16 Å². The maximum atomic E-state index is 11.8. The van der Waals surface area contributed by atoms with Crippen LogP contribution >= 0.6 is 11.8 Å². The van der Waals surface area contributed by atoms with E-state index in [1.54, 1.807) is 19.1 Å². The zero-order valence-electron chi connectivity index (χ0n) is 12.3. The van der Waals surface area contributed by atoms with E-state index < -0.39 is 0 Å². The number of thioether (sulfide) groups is 1. The summed E-state index contributed by atoms with van der Waals surface area (Å²) in [5.41, 5.74) is 1.74. The molecule has 0 saturated carbocycles. The quantitative estimate of drug-likeness (QED) is 0.247. The Hall–Kier alpha value is -2.16. The number of hydrogen-bond acceptors (Lipinski definition) is 8. The molecule has 0 aliphatic carbocycles. The molecule has 0 N–H and O–H groups in total. The van der Waals surface area contributed by atoms with E-state index in [0.717, 1.165) is 11.4 Å². The van der Waals surface area contributed by atoms with Gasteiger partial charge in [-0.15, -0.1) is 0 Å². The lowest BCUT2D eigenvalue weighted by Gasteiger charge is -2.08. The third-order valence-electron chi connectivity index (χ3n) is 2.38. The molecule has 9 heteroatoms. The molecular formula is C12H16N6O2S. The van der Waals surface area contributed by atoms with Crippen molar-refractivity contribution < 1.29 is 14.4 Å². The standard InChI is InChI=1S/C12H16N6O2S/c1-8-5-9(2)14-12(13-8)21-7-10(19)15-11-6-18(16-20-11)17(3)4/h5-6H,7H2,1-4H3.